The SMILES string of the molecule is CCOc1ccc(C(=O)N2CCCc3cc(F)ccc32)cc1OC. The zero-order valence-electron chi connectivity index (χ0n) is 13.8. The van der Waals surface area contributed by atoms with Crippen molar-refractivity contribution < 1.29 is 18.7 Å². The number of aryl methyl sites for hydroxylation is 1. The van der Waals surface area contributed by atoms with E-state index in [1.54, 1.807) is 36.3 Å². The number of benzene rings is 2. The molecule has 0 N–H and O–H groups in total. The van der Waals surface area contributed by atoms with E-state index < -0.39 is 0 Å². The molecule has 0 unspecified atom stereocenters. The second kappa shape index (κ2) is 6.91. The molecule has 0 spiro atoms. The minimum absolute atomic E-state index is 0.121. The van der Waals surface area contributed by atoms with Gasteiger partial charge in [-0.1, -0.05) is 0 Å². The van der Waals surface area contributed by atoms with E-state index >= 15 is 0 Å². The zero-order valence-corrected chi connectivity index (χ0v) is 13.8. The van der Waals surface area contributed by atoms with Crippen molar-refractivity contribution in [1.29, 1.82) is 0 Å². The lowest BCUT2D eigenvalue weighted by Crippen LogP contribution is -2.35. The quantitative estimate of drug-likeness (QED) is 0.856. The molecule has 0 bridgehead atoms. The van der Waals surface area contributed by atoms with Crippen LogP contribution in [0.25, 0.3) is 0 Å². The lowest BCUT2D eigenvalue weighted by atomic mass is 10.0. The van der Waals surface area contributed by atoms with Gasteiger partial charge in [-0.05, 0) is 61.7 Å². The number of hydrogen-bond acceptors (Lipinski definition) is 3. The van der Waals surface area contributed by atoms with Gasteiger partial charge in [-0.2, -0.15) is 0 Å². The number of amides is 1. The molecule has 3 rings (SSSR count). The predicted molar refractivity (Wildman–Crippen MR) is 90.6 cm³/mol. The summed E-state index contributed by atoms with van der Waals surface area (Å²) < 4.78 is 24.2. The Kier molecular flexibility index (Phi) is 4.69. The van der Waals surface area contributed by atoms with Crippen LogP contribution in [0.5, 0.6) is 11.5 Å². The Bertz CT molecular complexity index is 760. The average Bonchev–Trinajstić information content (AvgIpc) is 2.61. The van der Waals surface area contributed by atoms with Crippen LogP contribution in [0, 0.1) is 5.82 Å². The second-order valence-electron chi connectivity index (χ2n) is 5.63. The standard InChI is InChI=1S/C19H20FNO3/c1-3-24-17-9-6-14(12-18(17)23-2)19(22)21-10-4-5-13-11-15(20)7-8-16(13)21/h6-9,11-12H,3-5,10H2,1-2H3. The fourth-order valence-electron chi connectivity index (χ4n) is 3.01. The fraction of sp³-hybridized carbons (Fsp3) is 0.316. The maximum absolute atomic E-state index is 13.4. The number of halogens is 1. The van der Waals surface area contributed by atoms with Crippen molar-refractivity contribution in [2.75, 3.05) is 25.2 Å². The summed E-state index contributed by atoms with van der Waals surface area (Å²) in [6.07, 6.45) is 1.60. The van der Waals surface area contributed by atoms with Gasteiger partial charge in [0.25, 0.3) is 5.91 Å². The first kappa shape index (κ1) is 16.3. The van der Waals surface area contributed by atoms with Gasteiger partial charge in [-0.15, -0.1) is 0 Å². The molecule has 1 heterocycles. The second-order valence-corrected chi connectivity index (χ2v) is 5.63. The summed E-state index contributed by atoms with van der Waals surface area (Å²) in [7, 11) is 1.55. The van der Waals surface area contributed by atoms with Gasteiger partial charge >= 0.3 is 0 Å². The van der Waals surface area contributed by atoms with Gasteiger partial charge in [-0.3, -0.25) is 4.79 Å². The molecule has 0 atom stereocenters. The first-order valence-electron chi connectivity index (χ1n) is 8.05. The summed E-state index contributed by atoms with van der Waals surface area (Å²) in [5, 5.41) is 0. The van der Waals surface area contributed by atoms with Crippen LogP contribution >= 0.6 is 0 Å². The van der Waals surface area contributed by atoms with E-state index in [0.29, 0.717) is 30.2 Å². The highest BCUT2D eigenvalue weighted by atomic mass is 19.1. The summed E-state index contributed by atoms with van der Waals surface area (Å²) in [6.45, 7) is 3.03. The van der Waals surface area contributed by atoms with Crippen LogP contribution in [0.2, 0.25) is 0 Å². The molecule has 5 heteroatoms. The lowest BCUT2D eigenvalue weighted by molar-refractivity contribution is 0.0984. The molecule has 0 saturated carbocycles. The number of hydrogen-bond donors (Lipinski definition) is 0. The highest BCUT2D eigenvalue weighted by Crippen LogP contribution is 2.32. The van der Waals surface area contributed by atoms with Crippen LogP contribution in [-0.2, 0) is 6.42 Å². The van der Waals surface area contributed by atoms with E-state index in [9.17, 15) is 9.18 Å². The van der Waals surface area contributed by atoms with Gasteiger partial charge in [0.1, 0.15) is 5.82 Å². The summed E-state index contributed by atoms with van der Waals surface area (Å²) in [5.74, 6) is 0.742. The first-order valence-corrected chi connectivity index (χ1v) is 8.05. The molecule has 1 amide bonds. The smallest absolute Gasteiger partial charge is 0.258 e. The van der Waals surface area contributed by atoms with E-state index in [1.165, 1.54) is 12.1 Å². The van der Waals surface area contributed by atoms with Gasteiger partial charge in [0, 0.05) is 17.8 Å². The third-order valence-electron chi connectivity index (χ3n) is 4.12. The predicted octanol–water partition coefficient (Wildman–Crippen LogP) is 3.83. The molecule has 126 valence electrons. The van der Waals surface area contributed by atoms with Crippen molar-refractivity contribution in [2.24, 2.45) is 0 Å². The molecule has 1 aliphatic rings. The Morgan fingerprint density at radius 1 is 1.21 bits per heavy atom. The normalized spacial score (nSPS) is 13.4. The van der Waals surface area contributed by atoms with Gasteiger partial charge in [0.05, 0.1) is 13.7 Å². The van der Waals surface area contributed by atoms with Crippen molar-refractivity contribution >= 4 is 11.6 Å². The Morgan fingerprint density at radius 2 is 2.04 bits per heavy atom. The summed E-state index contributed by atoms with van der Waals surface area (Å²) in [4.78, 5) is 14.6. The third-order valence-corrected chi connectivity index (χ3v) is 4.12. The van der Waals surface area contributed by atoms with Crippen LogP contribution in [0.15, 0.2) is 36.4 Å². The molecule has 0 aromatic heterocycles. The number of ether oxygens (including phenoxy) is 2. The number of carbonyl (C=O) groups excluding carboxylic acids is 1. The number of nitrogens with zero attached hydrogens (tertiary/aromatic N) is 1. The molecule has 0 aliphatic carbocycles. The molecule has 0 fully saturated rings. The van der Waals surface area contributed by atoms with E-state index in [2.05, 4.69) is 0 Å². The number of carbonyl (C=O) groups is 1. The molecule has 1 aliphatic heterocycles. The summed E-state index contributed by atoms with van der Waals surface area (Å²) >= 11 is 0. The minimum atomic E-state index is -0.272. The Balaban J connectivity index is 1.93. The van der Waals surface area contributed by atoms with Crippen molar-refractivity contribution in [1.82, 2.24) is 0 Å². The topological polar surface area (TPSA) is 38.8 Å². The summed E-state index contributed by atoms with van der Waals surface area (Å²) in [6, 6.07) is 9.73. The fourth-order valence-corrected chi connectivity index (χ4v) is 3.01. The van der Waals surface area contributed by atoms with Crippen molar-refractivity contribution in [3.63, 3.8) is 0 Å². The number of fused-ring (bicyclic) bond motifs is 1. The van der Waals surface area contributed by atoms with Crippen molar-refractivity contribution in [3.8, 4) is 11.5 Å². The Morgan fingerprint density at radius 3 is 2.79 bits per heavy atom. The third kappa shape index (κ3) is 3.07. The average molecular weight is 329 g/mol. The van der Waals surface area contributed by atoms with Crippen LogP contribution in [0.4, 0.5) is 10.1 Å². The van der Waals surface area contributed by atoms with Crippen LogP contribution in [-0.4, -0.2) is 26.2 Å². The van der Waals surface area contributed by atoms with E-state index in [4.69, 9.17) is 9.47 Å². The van der Waals surface area contributed by atoms with Crippen LogP contribution in [0.1, 0.15) is 29.3 Å². The first-order chi connectivity index (χ1) is 11.6. The van der Waals surface area contributed by atoms with Gasteiger partial charge in [-0.25, -0.2) is 4.39 Å². The largest absolute Gasteiger partial charge is 0.493 e. The van der Waals surface area contributed by atoms with E-state index in [1.807, 2.05) is 6.92 Å². The molecule has 24 heavy (non-hydrogen) atoms. The molecular weight excluding hydrogens is 309 g/mol. The maximum atomic E-state index is 13.4. The lowest BCUT2D eigenvalue weighted by Gasteiger charge is -2.29. The molecular formula is C19H20FNO3. The van der Waals surface area contributed by atoms with Crippen molar-refractivity contribution in [3.05, 3.63) is 53.3 Å². The van der Waals surface area contributed by atoms with Crippen LogP contribution < -0.4 is 14.4 Å². The number of rotatable bonds is 4. The molecule has 2 aromatic rings. The van der Waals surface area contributed by atoms with E-state index in [0.717, 1.165) is 24.1 Å². The highest BCUT2D eigenvalue weighted by Gasteiger charge is 2.24. The van der Waals surface area contributed by atoms with E-state index in [-0.39, 0.29) is 11.7 Å². The van der Waals surface area contributed by atoms with Crippen molar-refractivity contribution in [2.45, 2.75) is 19.8 Å². The zero-order chi connectivity index (χ0) is 17.1. The minimum Gasteiger partial charge on any atom is -0.493 e. The molecule has 4 nitrogen and oxygen atoms in total. The monoisotopic (exact) mass is 329 g/mol. The Hall–Kier alpha value is -2.56. The Labute approximate surface area is 140 Å². The van der Waals surface area contributed by atoms with Crippen LogP contribution in [0.3, 0.4) is 0 Å². The van der Waals surface area contributed by atoms with Gasteiger partial charge < -0.3 is 14.4 Å². The maximum Gasteiger partial charge on any atom is 0.258 e. The number of methoxy groups -OCH3 is 1. The number of anilines is 1. The summed E-state index contributed by atoms with van der Waals surface area (Å²) in [5.41, 5.74) is 2.17. The van der Waals surface area contributed by atoms with Gasteiger partial charge in [0.15, 0.2) is 11.5 Å². The molecule has 0 saturated heterocycles. The highest BCUT2D eigenvalue weighted by molar-refractivity contribution is 6.07. The molecule has 2 aromatic carbocycles. The van der Waals surface area contributed by atoms with Gasteiger partial charge in [0.2, 0.25) is 0 Å². The molecule has 0 radical (unpaired) electrons.